The number of halogens is 1. The number of aromatic nitrogens is 2. The molecular weight excluding hydrogens is 217 g/mol. The molecule has 3 nitrogen and oxygen atoms in total. The van der Waals surface area contributed by atoms with Crippen LogP contribution in [0.3, 0.4) is 0 Å². The van der Waals surface area contributed by atoms with Crippen molar-refractivity contribution in [1.82, 2.24) is 9.97 Å². The molecule has 4 heteroatoms. The Kier molecular flexibility index (Phi) is 3.32. The summed E-state index contributed by atoms with van der Waals surface area (Å²) in [5, 5.41) is 3.28. The number of hydrogen-bond donors (Lipinski definition) is 1. The molecule has 88 valence electrons. The highest BCUT2D eigenvalue weighted by Crippen LogP contribution is 2.21. The molecule has 1 unspecified atom stereocenters. The van der Waals surface area contributed by atoms with Crippen molar-refractivity contribution < 1.29 is 4.39 Å². The summed E-state index contributed by atoms with van der Waals surface area (Å²) in [7, 11) is 0. The Morgan fingerprint density at radius 1 is 1.29 bits per heavy atom. The zero-order valence-electron chi connectivity index (χ0n) is 9.81. The first-order valence-electron chi connectivity index (χ1n) is 5.45. The van der Waals surface area contributed by atoms with Gasteiger partial charge in [0.05, 0.1) is 17.9 Å². The lowest BCUT2D eigenvalue weighted by molar-refractivity contribution is 0.626. The van der Waals surface area contributed by atoms with Crippen LogP contribution in [-0.2, 0) is 0 Å². The summed E-state index contributed by atoms with van der Waals surface area (Å²) in [6.07, 6.45) is 5.01. The predicted octanol–water partition coefficient (Wildman–Crippen LogP) is 3.10. The van der Waals surface area contributed by atoms with Crippen LogP contribution in [0.2, 0.25) is 0 Å². The van der Waals surface area contributed by atoms with Gasteiger partial charge < -0.3 is 5.32 Å². The Morgan fingerprint density at radius 2 is 2.12 bits per heavy atom. The number of hydrogen-bond acceptors (Lipinski definition) is 3. The van der Waals surface area contributed by atoms with E-state index in [1.807, 2.05) is 13.8 Å². The third kappa shape index (κ3) is 2.78. The van der Waals surface area contributed by atoms with Gasteiger partial charge in [-0.15, -0.1) is 0 Å². The van der Waals surface area contributed by atoms with Gasteiger partial charge in [-0.2, -0.15) is 0 Å². The Morgan fingerprint density at radius 3 is 2.76 bits per heavy atom. The molecule has 1 N–H and O–H groups in total. The smallest absolute Gasteiger partial charge is 0.123 e. The molecule has 0 saturated heterocycles. The summed E-state index contributed by atoms with van der Waals surface area (Å²) < 4.78 is 13.0. The second kappa shape index (κ2) is 4.91. The van der Waals surface area contributed by atoms with Crippen molar-refractivity contribution in [2.45, 2.75) is 19.9 Å². The fourth-order valence-corrected chi connectivity index (χ4v) is 1.63. The molecule has 1 heterocycles. The molecule has 0 aliphatic rings. The number of nitrogens with zero attached hydrogens (tertiary/aromatic N) is 2. The standard InChI is InChI=1S/C13H14FN3/c1-9-7-11(14)3-4-12(9)17-10(2)13-8-15-5-6-16-13/h3-8,10,17H,1-2H3. The van der Waals surface area contributed by atoms with Gasteiger partial charge in [0.15, 0.2) is 0 Å². The Labute approximate surface area is 99.7 Å². The van der Waals surface area contributed by atoms with E-state index in [1.165, 1.54) is 12.1 Å². The zero-order chi connectivity index (χ0) is 12.3. The highest BCUT2D eigenvalue weighted by atomic mass is 19.1. The van der Waals surface area contributed by atoms with Crippen LogP contribution in [-0.4, -0.2) is 9.97 Å². The van der Waals surface area contributed by atoms with E-state index < -0.39 is 0 Å². The molecular formula is C13H14FN3. The molecule has 2 rings (SSSR count). The van der Waals surface area contributed by atoms with Crippen LogP contribution in [0.1, 0.15) is 24.2 Å². The van der Waals surface area contributed by atoms with Crippen molar-refractivity contribution in [3.05, 3.63) is 53.9 Å². The summed E-state index contributed by atoms with van der Waals surface area (Å²) in [6, 6.07) is 4.72. The third-order valence-corrected chi connectivity index (χ3v) is 2.59. The molecule has 0 fully saturated rings. The molecule has 0 aliphatic heterocycles. The van der Waals surface area contributed by atoms with Crippen LogP contribution in [0.25, 0.3) is 0 Å². The second-order valence-electron chi connectivity index (χ2n) is 3.96. The van der Waals surface area contributed by atoms with Gasteiger partial charge in [-0.25, -0.2) is 4.39 Å². The number of benzene rings is 1. The molecule has 1 aromatic carbocycles. The summed E-state index contributed by atoms with van der Waals surface area (Å²) >= 11 is 0. The average molecular weight is 231 g/mol. The van der Waals surface area contributed by atoms with E-state index in [4.69, 9.17) is 0 Å². The minimum Gasteiger partial charge on any atom is -0.377 e. The normalized spacial score (nSPS) is 12.2. The quantitative estimate of drug-likeness (QED) is 0.882. The SMILES string of the molecule is Cc1cc(F)ccc1NC(C)c1cnccn1. The van der Waals surface area contributed by atoms with Gasteiger partial charge in [-0.1, -0.05) is 0 Å². The topological polar surface area (TPSA) is 37.8 Å². The van der Waals surface area contributed by atoms with Crippen LogP contribution in [0.15, 0.2) is 36.8 Å². The van der Waals surface area contributed by atoms with Crippen molar-refractivity contribution in [3.8, 4) is 0 Å². The van der Waals surface area contributed by atoms with Crippen molar-refractivity contribution in [2.24, 2.45) is 0 Å². The van der Waals surface area contributed by atoms with E-state index in [1.54, 1.807) is 24.7 Å². The van der Waals surface area contributed by atoms with Gasteiger partial charge >= 0.3 is 0 Å². The molecule has 2 aromatic rings. The lowest BCUT2D eigenvalue weighted by Gasteiger charge is -2.16. The maximum atomic E-state index is 13.0. The first-order valence-corrected chi connectivity index (χ1v) is 5.45. The summed E-state index contributed by atoms with van der Waals surface area (Å²) in [5.74, 6) is -0.222. The summed E-state index contributed by atoms with van der Waals surface area (Å²) in [5.41, 5.74) is 2.64. The van der Waals surface area contributed by atoms with E-state index >= 15 is 0 Å². The van der Waals surface area contributed by atoms with E-state index in [0.717, 1.165) is 16.9 Å². The number of aryl methyl sites for hydroxylation is 1. The zero-order valence-corrected chi connectivity index (χ0v) is 9.81. The number of nitrogens with one attached hydrogen (secondary N) is 1. The highest BCUT2D eigenvalue weighted by molar-refractivity contribution is 5.51. The molecule has 0 saturated carbocycles. The Bertz CT molecular complexity index is 499. The van der Waals surface area contributed by atoms with Crippen LogP contribution in [0.5, 0.6) is 0 Å². The summed E-state index contributed by atoms with van der Waals surface area (Å²) in [6.45, 7) is 3.86. The van der Waals surface area contributed by atoms with E-state index in [9.17, 15) is 4.39 Å². The summed E-state index contributed by atoms with van der Waals surface area (Å²) in [4.78, 5) is 8.24. The van der Waals surface area contributed by atoms with Crippen LogP contribution < -0.4 is 5.32 Å². The van der Waals surface area contributed by atoms with Crippen LogP contribution in [0.4, 0.5) is 10.1 Å². The van der Waals surface area contributed by atoms with Gasteiger partial charge in [0, 0.05) is 18.1 Å². The van der Waals surface area contributed by atoms with Gasteiger partial charge in [-0.3, -0.25) is 9.97 Å². The fourth-order valence-electron chi connectivity index (χ4n) is 1.63. The average Bonchev–Trinajstić information content (AvgIpc) is 2.34. The predicted molar refractivity (Wildman–Crippen MR) is 65.2 cm³/mol. The van der Waals surface area contributed by atoms with Gasteiger partial charge in [-0.05, 0) is 37.6 Å². The maximum Gasteiger partial charge on any atom is 0.123 e. The first kappa shape index (κ1) is 11.5. The maximum absolute atomic E-state index is 13.0. The highest BCUT2D eigenvalue weighted by Gasteiger charge is 2.08. The van der Waals surface area contributed by atoms with Gasteiger partial charge in [0.2, 0.25) is 0 Å². The molecule has 0 aliphatic carbocycles. The van der Waals surface area contributed by atoms with E-state index in [-0.39, 0.29) is 11.9 Å². The minimum absolute atomic E-state index is 0.0351. The van der Waals surface area contributed by atoms with Crippen LogP contribution in [0, 0.1) is 12.7 Å². The van der Waals surface area contributed by atoms with E-state index in [0.29, 0.717) is 0 Å². The second-order valence-corrected chi connectivity index (χ2v) is 3.96. The molecule has 0 amide bonds. The Hall–Kier alpha value is -1.97. The Balaban J connectivity index is 2.16. The molecule has 0 spiro atoms. The number of anilines is 1. The van der Waals surface area contributed by atoms with Crippen molar-refractivity contribution in [1.29, 1.82) is 0 Å². The van der Waals surface area contributed by atoms with Crippen LogP contribution >= 0.6 is 0 Å². The third-order valence-electron chi connectivity index (χ3n) is 2.59. The number of rotatable bonds is 3. The molecule has 17 heavy (non-hydrogen) atoms. The fraction of sp³-hybridized carbons (Fsp3) is 0.231. The largest absolute Gasteiger partial charge is 0.377 e. The van der Waals surface area contributed by atoms with Gasteiger partial charge in [0.25, 0.3) is 0 Å². The van der Waals surface area contributed by atoms with Crippen molar-refractivity contribution in [3.63, 3.8) is 0 Å². The van der Waals surface area contributed by atoms with Crippen molar-refractivity contribution in [2.75, 3.05) is 5.32 Å². The monoisotopic (exact) mass is 231 g/mol. The lowest BCUT2D eigenvalue weighted by atomic mass is 10.1. The van der Waals surface area contributed by atoms with Crippen molar-refractivity contribution >= 4 is 5.69 Å². The molecule has 1 aromatic heterocycles. The molecule has 0 bridgehead atoms. The molecule has 0 radical (unpaired) electrons. The lowest BCUT2D eigenvalue weighted by Crippen LogP contribution is -2.09. The first-order chi connectivity index (χ1) is 8.16. The van der Waals surface area contributed by atoms with Gasteiger partial charge in [0.1, 0.15) is 5.82 Å². The molecule has 1 atom stereocenters. The minimum atomic E-state index is -0.222. The van der Waals surface area contributed by atoms with E-state index in [2.05, 4.69) is 15.3 Å².